The van der Waals surface area contributed by atoms with Gasteiger partial charge in [0, 0.05) is 26.2 Å². The molecule has 0 radical (unpaired) electrons. The summed E-state index contributed by atoms with van der Waals surface area (Å²) in [5.41, 5.74) is 0.640. The number of carboxylic acids is 1. The first-order valence-corrected chi connectivity index (χ1v) is 7.13. The van der Waals surface area contributed by atoms with Gasteiger partial charge in [-0.3, -0.25) is 9.48 Å². The second-order valence-electron chi connectivity index (χ2n) is 5.51. The predicted octanol–water partition coefficient (Wildman–Crippen LogP) is 2.07. The number of hydrogen-bond donors (Lipinski definition) is 3. The number of aryl methyl sites for hydroxylation is 1. The summed E-state index contributed by atoms with van der Waals surface area (Å²) in [6, 6.07) is -0.274. The lowest BCUT2D eigenvalue weighted by Crippen LogP contribution is -2.31. The summed E-state index contributed by atoms with van der Waals surface area (Å²) < 4.78 is 1.61. The normalized spacial score (nSPS) is 12.2. The van der Waals surface area contributed by atoms with Crippen LogP contribution in [0.15, 0.2) is 12.4 Å². The van der Waals surface area contributed by atoms with Gasteiger partial charge in [-0.2, -0.15) is 5.10 Å². The van der Waals surface area contributed by atoms with Gasteiger partial charge in [-0.25, -0.2) is 4.79 Å². The molecular formula is C14H24N4O3. The highest BCUT2D eigenvalue weighted by molar-refractivity contribution is 5.88. The van der Waals surface area contributed by atoms with Gasteiger partial charge in [0.15, 0.2) is 0 Å². The van der Waals surface area contributed by atoms with Crippen molar-refractivity contribution in [2.75, 3.05) is 11.9 Å². The summed E-state index contributed by atoms with van der Waals surface area (Å²) in [6.45, 7) is 4.67. The molecule has 0 saturated carbocycles. The van der Waals surface area contributed by atoms with Crippen LogP contribution in [-0.4, -0.2) is 33.4 Å². The van der Waals surface area contributed by atoms with Crippen molar-refractivity contribution < 1.29 is 14.7 Å². The fourth-order valence-electron chi connectivity index (χ4n) is 2.15. The Hall–Kier alpha value is -2.05. The molecule has 3 N–H and O–H groups in total. The van der Waals surface area contributed by atoms with E-state index in [9.17, 15) is 9.59 Å². The van der Waals surface area contributed by atoms with Crippen molar-refractivity contribution in [3.63, 3.8) is 0 Å². The van der Waals surface area contributed by atoms with Crippen LogP contribution in [0.1, 0.15) is 33.1 Å². The largest absolute Gasteiger partial charge is 0.481 e. The molecule has 1 rings (SSSR count). The number of carboxylic acid groups (broad SMARTS) is 1. The Morgan fingerprint density at radius 1 is 1.38 bits per heavy atom. The Balaban J connectivity index is 2.29. The number of aromatic nitrogens is 2. The van der Waals surface area contributed by atoms with Crippen LogP contribution in [0.3, 0.4) is 0 Å². The van der Waals surface area contributed by atoms with Crippen LogP contribution in [0.2, 0.25) is 0 Å². The highest BCUT2D eigenvalue weighted by atomic mass is 16.4. The molecule has 1 heterocycles. The summed E-state index contributed by atoms with van der Waals surface area (Å²) >= 11 is 0. The van der Waals surface area contributed by atoms with E-state index in [-0.39, 0.29) is 12.5 Å². The maximum absolute atomic E-state index is 11.7. The van der Waals surface area contributed by atoms with Crippen LogP contribution in [-0.2, 0) is 11.8 Å². The molecular weight excluding hydrogens is 272 g/mol. The molecule has 0 fully saturated rings. The third kappa shape index (κ3) is 6.78. The lowest BCUT2D eigenvalue weighted by molar-refractivity contribution is -0.137. The van der Waals surface area contributed by atoms with Crippen LogP contribution in [0.5, 0.6) is 0 Å². The van der Waals surface area contributed by atoms with E-state index in [0.717, 1.165) is 6.42 Å². The summed E-state index contributed by atoms with van der Waals surface area (Å²) in [4.78, 5) is 22.3. The lowest BCUT2D eigenvalue weighted by atomic mass is 9.88. The van der Waals surface area contributed by atoms with E-state index in [1.807, 2.05) is 0 Å². The first-order valence-electron chi connectivity index (χ1n) is 7.13. The molecule has 0 spiro atoms. The highest BCUT2D eigenvalue weighted by Gasteiger charge is 2.15. The maximum Gasteiger partial charge on any atom is 0.319 e. The van der Waals surface area contributed by atoms with Gasteiger partial charge in [-0.15, -0.1) is 0 Å². The second-order valence-corrected chi connectivity index (χ2v) is 5.51. The first kappa shape index (κ1) is 17.0. The monoisotopic (exact) mass is 296 g/mol. The number of nitrogens with one attached hydrogen (secondary N) is 2. The number of urea groups is 1. The number of carbonyl (C=O) groups is 2. The molecule has 1 atom stereocenters. The van der Waals surface area contributed by atoms with Crippen LogP contribution in [0.25, 0.3) is 0 Å². The predicted molar refractivity (Wildman–Crippen MR) is 80.0 cm³/mol. The number of carbonyl (C=O) groups excluding carboxylic acids is 1. The minimum absolute atomic E-state index is 0.171. The quantitative estimate of drug-likeness (QED) is 0.684. The van der Waals surface area contributed by atoms with Crippen molar-refractivity contribution >= 4 is 17.7 Å². The van der Waals surface area contributed by atoms with Gasteiger partial charge in [0.25, 0.3) is 0 Å². The Bertz CT molecular complexity index is 471. The molecule has 118 valence electrons. The van der Waals surface area contributed by atoms with Gasteiger partial charge in [-0.1, -0.05) is 13.8 Å². The van der Waals surface area contributed by atoms with E-state index in [4.69, 9.17) is 5.11 Å². The maximum atomic E-state index is 11.7. The molecule has 0 aliphatic carbocycles. The van der Waals surface area contributed by atoms with Gasteiger partial charge in [0.05, 0.1) is 11.9 Å². The van der Waals surface area contributed by atoms with Gasteiger partial charge in [0.2, 0.25) is 0 Å². The second kappa shape index (κ2) is 8.28. The Kier molecular flexibility index (Phi) is 6.71. The van der Waals surface area contributed by atoms with Crippen molar-refractivity contribution in [2.45, 2.75) is 33.1 Å². The molecule has 1 aromatic rings. The van der Waals surface area contributed by atoms with E-state index >= 15 is 0 Å². The average Bonchev–Trinajstić information content (AvgIpc) is 2.78. The third-order valence-electron chi connectivity index (χ3n) is 3.44. The third-order valence-corrected chi connectivity index (χ3v) is 3.44. The van der Waals surface area contributed by atoms with Crippen molar-refractivity contribution in [3.8, 4) is 0 Å². The zero-order valence-electron chi connectivity index (χ0n) is 12.8. The molecule has 7 heteroatoms. The number of aliphatic carboxylic acids is 1. The highest BCUT2D eigenvalue weighted by Crippen LogP contribution is 2.20. The molecule has 0 aromatic carbocycles. The molecule has 0 aliphatic rings. The molecule has 0 aliphatic heterocycles. The first-order chi connectivity index (χ1) is 9.88. The number of hydrogen-bond acceptors (Lipinski definition) is 3. The molecule has 0 bridgehead atoms. The fourth-order valence-corrected chi connectivity index (χ4v) is 2.15. The molecule has 7 nitrogen and oxygen atoms in total. The Morgan fingerprint density at radius 3 is 2.62 bits per heavy atom. The van der Waals surface area contributed by atoms with Crippen LogP contribution in [0, 0.1) is 11.8 Å². The van der Waals surface area contributed by atoms with Gasteiger partial charge in [0.1, 0.15) is 0 Å². The molecule has 1 aromatic heterocycles. The molecule has 2 amide bonds. The van der Waals surface area contributed by atoms with Crippen LogP contribution >= 0.6 is 0 Å². The van der Waals surface area contributed by atoms with Crippen molar-refractivity contribution in [1.82, 2.24) is 15.1 Å². The van der Waals surface area contributed by atoms with Crippen molar-refractivity contribution in [2.24, 2.45) is 18.9 Å². The Labute approximate surface area is 124 Å². The van der Waals surface area contributed by atoms with E-state index in [1.54, 1.807) is 24.1 Å². The summed E-state index contributed by atoms with van der Waals surface area (Å²) in [5.74, 6) is -0.0877. The SMILES string of the molecule is CC(C)C(CCNC(=O)Nc1cnn(C)c1)CCC(=O)O. The van der Waals surface area contributed by atoms with Crippen LogP contribution in [0.4, 0.5) is 10.5 Å². The fraction of sp³-hybridized carbons (Fsp3) is 0.643. The zero-order valence-corrected chi connectivity index (χ0v) is 12.8. The number of amides is 2. The molecule has 21 heavy (non-hydrogen) atoms. The Morgan fingerprint density at radius 2 is 2.10 bits per heavy atom. The summed E-state index contributed by atoms with van der Waals surface area (Å²) in [7, 11) is 1.78. The van der Waals surface area contributed by atoms with Gasteiger partial charge in [-0.05, 0) is 24.7 Å². The number of anilines is 1. The van der Waals surface area contributed by atoms with E-state index in [2.05, 4.69) is 29.6 Å². The van der Waals surface area contributed by atoms with E-state index in [0.29, 0.717) is 30.5 Å². The topological polar surface area (TPSA) is 96.3 Å². The van der Waals surface area contributed by atoms with E-state index in [1.165, 1.54) is 0 Å². The molecule has 0 saturated heterocycles. The minimum Gasteiger partial charge on any atom is -0.481 e. The number of nitrogens with zero attached hydrogens (tertiary/aromatic N) is 2. The van der Waals surface area contributed by atoms with Crippen molar-refractivity contribution in [1.29, 1.82) is 0 Å². The summed E-state index contributed by atoms with van der Waals surface area (Å²) in [6.07, 6.45) is 4.86. The smallest absolute Gasteiger partial charge is 0.319 e. The van der Waals surface area contributed by atoms with Gasteiger partial charge < -0.3 is 15.7 Å². The molecule has 1 unspecified atom stereocenters. The van der Waals surface area contributed by atoms with Gasteiger partial charge >= 0.3 is 12.0 Å². The van der Waals surface area contributed by atoms with Crippen molar-refractivity contribution in [3.05, 3.63) is 12.4 Å². The van der Waals surface area contributed by atoms with E-state index < -0.39 is 5.97 Å². The lowest BCUT2D eigenvalue weighted by Gasteiger charge is -2.20. The summed E-state index contributed by atoms with van der Waals surface area (Å²) in [5, 5.41) is 18.2. The minimum atomic E-state index is -0.775. The zero-order chi connectivity index (χ0) is 15.8. The van der Waals surface area contributed by atoms with Crippen LogP contribution < -0.4 is 10.6 Å². The average molecular weight is 296 g/mol. The standard InChI is InChI=1S/C14H24N4O3/c1-10(2)11(4-5-13(19)20)6-7-15-14(21)17-12-8-16-18(3)9-12/h8-11H,4-7H2,1-3H3,(H,19,20)(H2,15,17,21). The number of rotatable bonds is 8.